The molecule has 0 spiro atoms. The average Bonchev–Trinajstić information content (AvgIpc) is 3.71. The van der Waals surface area contributed by atoms with E-state index in [2.05, 4.69) is 21.2 Å². The van der Waals surface area contributed by atoms with Crippen molar-refractivity contribution >= 4 is 33.7 Å². The second-order valence-corrected chi connectivity index (χ2v) is 11.3. The van der Waals surface area contributed by atoms with Crippen molar-refractivity contribution in [3.8, 4) is 5.75 Å². The SMILES string of the molecule is [2H]C(C(=O)NC(C)(C)C)(c1ccccc1OCCCCCC(=O)OCC)N(C(=O)c1ccc(Br)cc1)C1CC1. The van der Waals surface area contributed by atoms with E-state index in [4.69, 9.17) is 9.47 Å². The molecule has 0 saturated heterocycles. The van der Waals surface area contributed by atoms with Crippen LogP contribution in [-0.2, 0) is 14.3 Å². The third-order valence-corrected chi connectivity index (χ3v) is 6.43. The predicted octanol–water partition coefficient (Wildman–Crippen LogP) is 6.21. The van der Waals surface area contributed by atoms with E-state index in [0.29, 0.717) is 49.4 Å². The summed E-state index contributed by atoms with van der Waals surface area (Å²) in [5, 5.41) is 2.94. The maximum atomic E-state index is 13.9. The summed E-state index contributed by atoms with van der Waals surface area (Å²) in [6, 6.07) is 11.6. The number of rotatable bonds is 13. The Labute approximate surface area is 235 Å². The molecule has 2 amide bonds. The number of nitrogens with one attached hydrogen (secondary N) is 1. The van der Waals surface area contributed by atoms with Crippen LogP contribution < -0.4 is 10.1 Å². The standard InChI is InChI=1S/C30H39BrN2O5/c1-5-37-26(34)13-7-6-10-20-38-25-12-9-8-11-24(25)27(28(35)32-30(2,3)4)33(23-18-19-23)29(36)21-14-16-22(31)17-15-21/h8-9,11-12,14-17,23,27H,5-7,10,13,18-20H2,1-4H3,(H,32,35)/i27D. The smallest absolute Gasteiger partial charge is 0.305 e. The van der Waals surface area contributed by atoms with Crippen molar-refractivity contribution in [3.63, 3.8) is 0 Å². The van der Waals surface area contributed by atoms with Gasteiger partial charge in [0.25, 0.3) is 5.91 Å². The number of benzene rings is 2. The summed E-state index contributed by atoms with van der Waals surface area (Å²) >= 11 is 3.40. The Kier molecular flexibility index (Phi) is 10.2. The zero-order valence-corrected chi connectivity index (χ0v) is 24.3. The number of hydrogen-bond donors (Lipinski definition) is 1. The quantitative estimate of drug-likeness (QED) is 0.222. The van der Waals surface area contributed by atoms with Crippen molar-refractivity contribution in [1.82, 2.24) is 10.2 Å². The maximum absolute atomic E-state index is 13.9. The second-order valence-electron chi connectivity index (χ2n) is 10.4. The van der Waals surface area contributed by atoms with Crippen LogP contribution in [0.25, 0.3) is 0 Å². The number of para-hydroxylation sites is 1. The minimum absolute atomic E-state index is 0.205. The minimum Gasteiger partial charge on any atom is -0.493 e. The molecule has 3 rings (SSSR count). The molecule has 0 radical (unpaired) electrons. The topological polar surface area (TPSA) is 84.9 Å². The molecule has 2 aromatic carbocycles. The number of ether oxygens (including phenoxy) is 2. The summed E-state index contributed by atoms with van der Waals surface area (Å²) in [6.07, 6.45) is 3.95. The van der Waals surface area contributed by atoms with Crippen molar-refractivity contribution in [1.29, 1.82) is 0 Å². The number of halogens is 1. The highest BCUT2D eigenvalue weighted by atomic mass is 79.9. The number of esters is 1. The minimum atomic E-state index is -2.06. The maximum Gasteiger partial charge on any atom is 0.305 e. The first-order valence-corrected chi connectivity index (χ1v) is 14.1. The average molecular weight is 589 g/mol. The lowest BCUT2D eigenvalue weighted by Gasteiger charge is -2.34. The van der Waals surface area contributed by atoms with Crippen LogP contribution in [0.3, 0.4) is 0 Å². The monoisotopic (exact) mass is 587 g/mol. The molecule has 1 unspecified atom stereocenters. The van der Waals surface area contributed by atoms with Gasteiger partial charge in [0.05, 0.1) is 14.6 Å². The molecule has 0 aliphatic heterocycles. The Hall–Kier alpha value is -2.87. The fraction of sp³-hybridized carbons (Fsp3) is 0.500. The van der Waals surface area contributed by atoms with Gasteiger partial charge >= 0.3 is 5.97 Å². The van der Waals surface area contributed by atoms with Crippen molar-refractivity contribution in [2.24, 2.45) is 0 Å². The van der Waals surface area contributed by atoms with E-state index in [0.717, 1.165) is 23.7 Å². The van der Waals surface area contributed by atoms with Gasteiger partial charge in [0, 0.05) is 33.6 Å². The molecule has 0 heterocycles. The fourth-order valence-corrected chi connectivity index (χ4v) is 4.29. The first kappa shape index (κ1) is 28.1. The Balaban J connectivity index is 1.90. The van der Waals surface area contributed by atoms with Gasteiger partial charge < -0.3 is 19.7 Å². The van der Waals surface area contributed by atoms with Crippen molar-refractivity contribution in [3.05, 3.63) is 64.1 Å². The van der Waals surface area contributed by atoms with Gasteiger partial charge in [-0.3, -0.25) is 14.4 Å². The van der Waals surface area contributed by atoms with Crippen LogP contribution in [0.15, 0.2) is 53.0 Å². The molecule has 1 atom stereocenters. The number of hydrogen-bond acceptors (Lipinski definition) is 5. The fourth-order valence-electron chi connectivity index (χ4n) is 4.03. The molecule has 38 heavy (non-hydrogen) atoms. The molecule has 1 N–H and O–H groups in total. The number of amides is 2. The Bertz CT molecular complexity index is 1150. The van der Waals surface area contributed by atoms with Crippen LogP contribution in [0, 0.1) is 0 Å². The largest absolute Gasteiger partial charge is 0.493 e. The lowest BCUT2D eigenvalue weighted by Crippen LogP contribution is -2.50. The van der Waals surface area contributed by atoms with Crippen LogP contribution in [0.2, 0.25) is 0 Å². The van der Waals surface area contributed by atoms with Crippen molar-refractivity contribution < 1.29 is 25.2 Å². The van der Waals surface area contributed by atoms with Gasteiger partial charge in [-0.1, -0.05) is 34.1 Å². The summed E-state index contributed by atoms with van der Waals surface area (Å²) in [7, 11) is 0. The molecule has 0 bridgehead atoms. The van der Waals surface area contributed by atoms with E-state index >= 15 is 0 Å². The first-order valence-electron chi connectivity index (χ1n) is 13.8. The molecular weight excluding hydrogens is 548 g/mol. The van der Waals surface area contributed by atoms with Gasteiger partial charge in [-0.25, -0.2) is 0 Å². The molecule has 2 aromatic rings. The van der Waals surface area contributed by atoms with Crippen LogP contribution in [0.5, 0.6) is 5.75 Å². The first-order chi connectivity index (χ1) is 18.5. The molecule has 1 aliphatic carbocycles. The lowest BCUT2D eigenvalue weighted by molar-refractivity contribution is -0.143. The number of carbonyl (C=O) groups is 3. The second kappa shape index (κ2) is 13.8. The van der Waals surface area contributed by atoms with Gasteiger partial charge in [0.2, 0.25) is 5.91 Å². The molecule has 206 valence electrons. The third-order valence-electron chi connectivity index (χ3n) is 5.90. The van der Waals surface area contributed by atoms with Crippen LogP contribution in [-0.4, -0.2) is 47.5 Å². The zero-order valence-electron chi connectivity index (χ0n) is 23.7. The molecule has 8 heteroatoms. The highest BCUT2D eigenvalue weighted by Crippen LogP contribution is 2.39. The highest BCUT2D eigenvalue weighted by molar-refractivity contribution is 9.10. The Morgan fingerprint density at radius 1 is 1.08 bits per heavy atom. The van der Waals surface area contributed by atoms with Crippen LogP contribution in [0.4, 0.5) is 0 Å². The van der Waals surface area contributed by atoms with Crippen LogP contribution >= 0.6 is 15.9 Å². The Morgan fingerprint density at radius 2 is 1.76 bits per heavy atom. The highest BCUT2D eigenvalue weighted by Gasteiger charge is 2.43. The van der Waals surface area contributed by atoms with Crippen LogP contribution in [0.1, 0.15) is 89.5 Å². The Morgan fingerprint density at radius 3 is 2.39 bits per heavy atom. The summed E-state index contributed by atoms with van der Waals surface area (Å²) in [6.45, 7) is 8.06. The zero-order chi connectivity index (χ0) is 28.6. The van der Waals surface area contributed by atoms with Gasteiger partial charge in [-0.2, -0.15) is 0 Å². The van der Waals surface area contributed by atoms with Gasteiger partial charge in [0.15, 0.2) is 0 Å². The summed E-state index contributed by atoms with van der Waals surface area (Å²) in [5.74, 6) is -0.782. The van der Waals surface area contributed by atoms with E-state index in [9.17, 15) is 15.8 Å². The summed E-state index contributed by atoms with van der Waals surface area (Å²) < 4.78 is 21.6. The molecular formula is C30H39BrN2O5. The predicted molar refractivity (Wildman–Crippen MR) is 151 cm³/mol. The number of unbranched alkanes of at least 4 members (excludes halogenated alkanes) is 2. The van der Waals surface area contributed by atoms with Gasteiger partial charge in [0.1, 0.15) is 11.8 Å². The van der Waals surface area contributed by atoms with Crippen molar-refractivity contribution in [2.75, 3.05) is 13.2 Å². The normalized spacial score (nSPS) is 15.1. The van der Waals surface area contributed by atoms with E-state index in [1.165, 1.54) is 4.90 Å². The number of nitrogens with zero attached hydrogens (tertiary/aromatic N) is 1. The van der Waals surface area contributed by atoms with E-state index in [-0.39, 0.29) is 17.9 Å². The van der Waals surface area contributed by atoms with E-state index < -0.39 is 17.5 Å². The molecule has 7 nitrogen and oxygen atoms in total. The molecule has 1 aliphatic rings. The number of carbonyl (C=O) groups excluding carboxylic acids is 3. The van der Waals surface area contributed by atoms with Gasteiger partial charge in [-0.05, 0) is 90.1 Å². The van der Waals surface area contributed by atoms with E-state index in [1.54, 1.807) is 55.5 Å². The molecule has 1 fully saturated rings. The molecule has 1 saturated carbocycles. The summed E-state index contributed by atoms with van der Waals surface area (Å²) in [5.41, 5.74) is 0.106. The molecule has 0 aromatic heterocycles. The van der Waals surface area contributed by atoms with Crippen molar-refractivity contribution in [2.45, 2.75) is 83.8 Å². The third kappa shape index (κ3) is 8.86. The summed E-state index contributed by atoms with van der Waals surface area (Å²) in [4.78, 5) is 40.8. The lowest BCUT2D eigenvalue weighted by atomic mass is 9.99. The van der Waals surface area contributed by atoms with E-state index in [1.807, 2.05) is 20.8 Å². The van der Waals surface area contributed by atoms with Gasteiger partial charge in [-0.15, -0.1) is 0 Å².